The molecule has 2 saturated heterocycles. The summed E-state index contributed by atoms with van der Waals surface area (Å²) in [5, 5.41) is 15.0. The van der Waals surface area contributed by atoms with Crippen molar-refractivity contribution in [2.75, 3.05) is 13.1 Å². The Morgan fingerprint density at radius 1 is 1.19 bits per heavy atom. The Kier molecular flexibility index (Phi) is 4.51. The monoisotopic (exact) mass is 356 g/mol. The zero-order chi connectivity index (χ0) is 17.9. The molecule has 0 radical (unpaired) electrons. The van der Waals surface area contributed by atoms with Crippen molar-refractivity contribution < 1.29 is 14.3 Å². The van der Waals surface area contributed by atoms with E-state index in [9.17, 15) is 9.59 Å². The van der Waals surface area contributed by atoms with Crippen molar-refractivity contribution in [2.45, 2.75) is 37.8 Å². The number of piperidine rings is 1. The van der Waals surface area contributed by atoms with Gasteiger partial charge in [-0.25, -0.2) is 4.68 Å². The summed E-state index contributed by atoms with van der Waals surface area (Å²) in [5.74, 6) is 1.06. The number of ether oxygens (including phenoxy) is 1. The van der Waals surface area contributed by atoms with E-state index in [2.05, 4.69) is 20.6 Å². The van der Waals surface area contributed by atoms with Crippen LogP contribution in [0.3, 0.4) is 0 Å². The van der Waals surface area contributed by atoms with Gasteiger partial charge in [0.1, 0.15) is 12.1 Å². The summed E-state index contributed by atoms with van der Waals surface area (Å²) in [6, 6.07) is 5.03. The summed E-state index contributed by atoms with van der Waals surface area (Å²) in [4.78, 5) is 25.5. The summed E-state index contributed by atoms with van der Waals surface area (Å²) in [6.45, 7) is 1.24. The third kappa shape index (κ3) is 3.51. The number of carbonyl (C=O) groups is 2. The molecule has 1 N–H and O–H groups in total. The second-order valence-corrected chi connectivity index (χ2v) is 6.48. The molecular weight excluding hydrogens is 336 g/mol. The minimum absolute atomic E-state index is 0.00192. The lowest BCUT2D eigenvalue weighted by Crippen LogP contribution is -2.49. The van der Waals surface area contributed by atoms with Crippen LogP contribution in [0.5, 0.6) is 5.88 Å². The number of amides is 2. The van der Waals surface area contributed by atoms with Crippen LogP contribution in [0.2, 0.25) is 0 Å². The number of hydrogen-bond donors (Lipinski definition) is 1. The van der Waals surface area contributed by atoms with Crippen molar-refractivity contribution >= 4 is 11.8 Å². The summed E-state index contributed by atoms with van der Waals surface area (Å²) in [7, 11) is 0. The van der Waals surface area contributed by atoms with Crippen LogP contribution in [-0.2, 0) is 9.59 Å². The lowest BCUT2D eigenvalue weighted by Gasteiger charge is -2.33. The molecule has 1 unspecified atom stereocenters. The fraction of sp³-hybridized carbons (Fsp3) is 0.471. The number of nitrogens with one attached hydrogen (secondary N) is 1. The van der Waals surface area contributed by atoms with Crippen LogP contribution in [-0.4, -0.2) is 61.9 Å². The first-order valence-electron chi connectivity index (χ1n) is 8.77. The summed E-state index contributed by atoms with van der Waals surface area (Å²) in [6.07, 6.45) is 5.96. The van der Waals surface area contributed by atoms with E-state index in [1.54, 1.807) is 29.2 Å². The molecule has 2 amide bonds. The molecule has 2 aromatic rings. The molecule has 136 valence electrons. The molecule has 2 fully saturated rings. The SMILES string of the molecule is O=C1CCC(C(=O)N2CCC(Oc3ccc(-n4cccn4)nn3)CC2)N1. The Labute approximate surface area is 150 Å². The quantitative estimate of drug-likeness (QED) is 0.846. The predicted octanol–water partition coefficient (Wildman–Crippen LogP) is 0.311. The van der Waals surface area contributed by atoms with E-state index in [0.29, 0.717) is 37.6 Å². The van der Waals surface area contributed by atoms with E-state index in [1.807, 2.05) is 11.0 Å². The van der Waals surface area contributed by atoms with E-state index >= 15 is 0 Å². The minimum Gasteiger partial charge on any atom is -0.473 e. The highest BCUT2D eigenvalue weighted by Crippen LogP contribution is 2.19. The van der Waals surface area contributed by atoms with Gasteiger partial charge in [-0.3, -0.25) is 9.59 Å². The van der Waals surface area contributed by atoms with Gasteiger partial charge in [0.2, 0.25) is 17.7 Å². The Morgan fingerprint density at radius 3 is 2.65 bits per heavy atom. The first-order chi connectivity index (χ1) is 12.7. The maximum Gasteiger partial charge on any atom is 0.245 e. The Morgan fingerprint density at radius 2 is 2.04 bits per heavy atom. The van der Waals surface area contributed by atoms with Gasteiger partial charge in [0, 0.05) is 50.8 Å². The van der Waals surface area contributed by atoms with Crippen LogP contribution in [0.25, 0.3) is 5.82 Å². The first kappa shape index (κ1) is 16.5. The van der Waals surface area contributed by atoms with E-state index in [4.69, 9.17) is 4.74 Å². The summed E-state index contributed by atoms with van der Waals surface area (Å²) < 4.78 is 7.51. The zero-order valence-corrected chi connectivity index (χ0v) is 14.2. The van der Waals surface area contributed by atoms with Gasteiger partial charge in [0.15, 0.2) is 5.82 Å². The maximum atomic E-state index is 12.4. The predicted molar refractivity (Wildman–Crippen MR) is 90.5 cm³/mol. The van der Waals surface area contributed by atoms with Gasteiger partial charge in [0.05, 0.1) is 0 Å². The highest BCUT2D eigenvalue weighted by atomic mass is 16.5. The summed E-state index contributed by atoms with van der Waals surface area (Å²) >= 11 is 0. The molecule has 0 aliphatic carbocycles. The largest absolute Gasteiger partial charge is 0.473 e. The van der Waals surface area contributed by atoms with Crippen molar-refractivity contribution in [3.8, 4) is 11.7 Å². The number of likely N-dealkylation sites (tertiary alicyclic amines) is 1. The second kappa shape index (κ2) is 7.11. The normalized spacial score (nSPS) is 20.8. The molecule has 0 aromatic carbocycles. The van der Waals surface area contributed by atoms with Crippen LogP contribution in [0.15, 0.2) is 30.6 Å². The molecule has 9 heteroatoms. The summed E-state index contributed by atoms with van der Waals surface area (Å²) in [5.41, 5.74) is 0. The lowest BCUT2D eigenvalue weighted by atomic mass is 10.1. The number of hydrogen-bond acceptors (Lipinski definition) is 6. The van der Waals surface area contributed by atoms with Crippen LogP contribution in [0.4, 0.5) is 0 Å². The van der Waals surface area contributed by atoms with Gasteiger partial charge < -0.3 is 15.0 Å². The average Bonchev–Trinajstić information content (AvgIpc) is 3.34. The van der Waals surface area contributed by atoms with E-state index in [-0.39, 0.29) is 24.0 Å². The fourth-order valence-electron chi connectivity index (χ4n) is 3.29. The number of nitrogens with zero attached hydrogens (tertiary/aromatic N) is 5. The van der Waals surface area contributed by atoms with Gasteiger partial charge in [0.25, 0.3) is 0 Å². The van der Waals surface area contributed by atoms with Crippen LogP contribution >= 0.6 is 0 Å². The third-order valence-electron chi connectivity index (χ3n) is 4.70. The number of carbonyl (C=O) groups excluding carboxylic acids is 2. The van der Waals surface area contributed by atoms with Crippen molar-refractivity contribution in [3.05, 3.63) is 30.6 Å². The average molecular weight is 356 g/mol. The molecular formula is C17H20N6O3. The van der Waals surface area contributed by atoms with Gasteiger partial charge >= 0.3 is 0 Å². The second-order valence-electron chi connectivity index (χ2n) is 6.48. The van der Waals surface area contributed by atoms with Crippen LogP contribution in [0.1, 0.15) is 25.7 Å². The molecule has 2 aliphatic rings. The van der Waals surface area contributed by atoms with E-state index < -0.39 is 0 Å². The first-order valence-corrected chi connectivity index (χ1v) is 8.77. The van der Waals surface area contributed by atoms with E-state index in [1.165, 1.54) is 0 Å². The molecule has 4 rings (SSSR count). The van der Waals surface area contributed by atoms with Gasteiger partial charge in [-0.2, -0.15) is 5.10 Å². The fourth-order valence-corrected chi connectivity index (χ4v) is 3.29. The van der Waals surface area contributed by atoms with Crippen molar-refractivity contribution in [3.63, 3.8) is 0 Å². The van der Waals surface area contributed by atoms with Gasteiger partial charge in [-0.1, -0.05) is 0 Å². The third-order valence-corrected chi connectivity index (χ3v) is 4.70. The number of aromatic nitrogens is 4. The molecule has 0 saturated carbocycles. The standard InChI is InChI=1S/C17H20N6O3/c24-15-4-2-13(19-15)17(25)22-10-6-12(7-11-22)26-16-5-3-14(20-21-16)23-9-1-8-18-23/h1,3,5,8-9,12-13H,2,4,6-7,10-11H2,(H,19,24). The molecule has 2 aliphatic heterocycles. The maximum absolute atomic E-state index is 12.4. The highest BCUT2D eigenvalue weighted by Gasteiger charge is 2.33. The van der Waals surface area contributed by atoms with Crippen molar-refractivity contribution in [1.29, 1.82) is 0 Å². The molecule has 0 bridgehead atoms. The molecule has 1 atom stereocenters. The van der Waals surface area contributed by atoms with Crippen LogP contribution in [0, 0.1) is 0 Å². The van der Waals surface area contributed by atoms with E-state index in [0.717, 1.165) is 12.8 Å². The topological polar surface area (TPSA) is 102 Å². The molecule has 26 heavy (non-hydrogen) atoms. The Bertz CT molecular complexity index is 768. The zero-order valence-electron chi connectivity index (χ0n) is 14.2. The lowest BCUT2D eigenvalue weighted by molar-refractivity contribution is -0.136. The number of rotatable bonds is 4. The van der Waals surface area contributed by atoms with Crippen molar-refractivity contribution in [1.82, 2.24) is 30.2 Å². The molecule has 2 aromatic heterocycles. The van der Waals surface area contributed by atoms with Gasteiger partial charge in [-0.05, 0) is 18.6 Å². The molecule has 4 heterocycles. The van der Waals surface area contributed by atoms with Crippen LogP contribution < -0.4 is 10.1 Å². The highest BCUT2D eigenvalue weighted by molar-refractivity contribution is 5.90. The van der Waals surface area contributed by atoms with Gasteiger partial charge in [-0.15, -0.1) is 10.2 Å². The van der Waals surface area contributed by atoms with Crippen molar-refractivity contribution in [2.24, 2.45) is 0 Å². The minimum atomic E-state index is -0.360. The Hall–Kier alpha value is -2.97. The molecule has 0 spiro atoms. The smallest absolute Gasteiger partial charge is 0.245 e. The Balaban J connectivity index is 1.28. The molecule has 9 nitrogen and oxygen atoms in total.